The Morgan fingerprint density at radius 3 is 2.52 bits per heavy atom. The molecule has 156 valence electrons. The third-order valence-electron chi connectivity index (χ3n) is 4.35. The number of likely N-dealkylation sites (N-methyl/N-ethyl adjacent to an activating group) is 1. The maximum atomic E-state index is 12.9. The van der Waals surface area contributed by atoms with E-state index in [2.05, 4.69) is 21.2 Å². The van der Waals surface area contributed by atoms with Crippen LogP contribution in [0.5, 0.6) is 5.75 Å². The molecule has 29 heavy (non-hydrogen) atoms. The second kappa shape index (κ2) is 10.9. The van der Waals surface area contributed by atoms with E-state index in [4.69, 9.17) is 27.9 Å². The molecule has 5 nitrogen and oxygen atoms in total. The molecule has 0 aliphatic carbocycles. The number of hydrogen-bond acceptors (Lipinski definition) is 3. The van der Waals surface area contributed by atoms with Crippen molar-refractivity contribution in [2.75, 3.05) is 13.2 Å². The Labute approximate surface area is 189 Å². The smallest absolute Gasteiger partial charge is 0.261 e. The zero-order chi connectivity index (χ0) is 21.6. The molecule has 0 aliphatic rings. The molecule has 0 fully saturated rings. The summed E-state index contributed by atoms with van der Waals surface area (Å²) in [6.07, 6.45) is 0. The van der Waals surface area contributed by atoms with Gasteiger partial charge in [0.05, 0.1) is 10.0 Å². The summed E-state index contributed by atoms with van der Waals surface area (Å²) in [5, 5.41) is 3.57. The number of amides is 2. The molecule has 1 unspecified atom stereocenters. The zero-order valence-corrected chi connectivity index (χ0v) is 19.6. The van der Waals surface area contributed by atoms with Crippen molar-refractivity contribution in [2.24, 2.45) is 0 Å². The summed E-state index contributed by atoms with van der Waals surface area (Å²) in [5.41, 5.74) is 1.77. The van der Waals surface area contributed by atoms with Crippen molar-refractivity contribution < 1.29 is 14.3 Å². The number of carbonyl (C=O) groups is 2. The van der Waals surface area contributed by atoms with Gasteiger partial charge in [-0.2, -0.15) is 0 Å². The van der Waals surface area contributed by atoms with E-state index in [1.165, 1.54) is 4.90 Å². The topological polar surface area (TPSA) is 58.6 Å². The van der Waals surface area contributed by atoms with Gasteiger partial charge in [0.15, 0.2) is 6.61 Å². The number of hydrogen-bond donors (Lipinski definition) is 1. The Kier molecular flexibility index (Phi) is 8.80. The number of halogens is 3. The van der Waals surface area contributed by atoms with Crippen molar-refractivity contribution in [3.63, 3.8) is 0 Å². The molecule has 8 heteroatoms. The van der Waals surface area contributed by atoms with Gasteiger partial charge in [-0.3, -0.25) is 9.59 Å². The van der Waals surface area contributed by atoms with Crippen molar-refractivity contribution in [1.82, 2.24) is 10.2 Å². The summed E-state index contributed by atoms with van der Waals surface area (Å²) < 4.78 is 6.62. The van der Waals surface area contributed by atoms with Crippen LogP contribution in [-0.2, 0) is 16.1 Å². The predicted octanol–water partition coefficient (Wildman–Crippen LogP) is 5.00. The molecular formula is C21H23BrCl2N2O3. The molecule has 2 amide bonds. The first-order chi connectivity index (χ1) is 13.7. The van der Waals surface area contributed by atoms with Gasteiger partial charge >= 0.3 is 0 Å². The summed E-state index contributed by atoms with van der Waals surface area (Å²) in [4.78, 5) is 26.8. The van der Waals surface area contributed by atoms with Gasteiger partial charge in [0.2, 0.25) is 5.91 Å². The number of rotatable bonds is 8. The van der Waals surface area contributed by atoms with Gasteiger partial charge in [0.1, 0.15) is 11.8 Å². The van der Waals surface area contributed by atoms with Gasteiger partial charge in [-0.1, -0.05) is 45.2 Å². The van der Waals surface area contributed by atoms with Crippen LogP contribution in [0.15, 0.2) is 40.9 Å². The van der Waals surface area contributed by atoms with Crippen LogP contribution >= 0.6 is 39.1 Å². The lowest BCUT2D eigenvalue weighted by Crippen LogP contribution is -2.49. The van der Waals surface area contributed by atoms with E-state index >= 15 is 0 Å². The molecule has 2 rings (SSSR count). The monoisotopic (exact) mass is 500 g/mol. The van der Waals surface area contributed by atoms with Crippen LogP contribution in [-0.4, -0.2) is 35.9 Å². The maximum absolute atomic E-state index is 12.9. The van der Waals surface area contributed by atoms with Gasteiger partial charge in [0, 0.05) is 17.6 Å². The van der Waals surface area contributed by atoms with Crippen molar-refractivity contribution in [3.05, 3.63) is 62.0 Å². The molecule has 0 spiro atoms. The average molecular weight is 502 g/mol. The van der Waals surface area contributed by atoms with Crippen LogP contribution in [0.4, 0.5) is 0 Å². The number of nitrogens with zero attached hydrogens (tertiary/aromatic N) is 1. The second-order valence-electron chi connectivity index (χ2n) is 6.54. The molecule has 0 heterocycles. The zero-order valence-electron chi connectivity index (χ0n) is 16.5. The van der Waals surface area contributed by atoms with E-state index in [1.807, 2.05) is 26.0 Å². The van der Waals surface area contributed by atoms with Crippen LogP contribution in [0.3, 0.4) is 0 Å². The van der Waals surface area contributed by atoms with Gasteiger partial charge < -0.3 is 15.0 Å². The van der Waals surface area contributed by atoms with Crippen molar-refractivity contribution >= 4 is 50.9 Å². The molecule has 0 saturated carbocycles. The molecular weight excluding hydrogens is 479 g/mol. The molecule has 1 N–H and O–H groups in total. The predicted molar refractivity (Wildman–Crippen MR) is 120 cm³/mol. The third kappa shape index (κ3) is 6.63. The lowest BCUT2D eigenvalue weighted by molar-refractivity contribution is -0.142. The highest BCUT2D eigenvalue weighted by Gasteiger charge is 2.26. The minimum atomic E-state index is -0.674. The van der Waals surface area contributed by atoms with Crippen molar-refractivity contribution in [2.45, 2.75) is 33.4 Å². The van der Waals surface area contributed by atoms with Crippen molar-refractivity contribution in [3.8, 4) is 5.75 Å². The molecule has 0 radical (unpaired) electrons. The highest BCUT2D eigenvalue weighted by atomic mass is 79.9. The molecule has 2 aromatic carbocycles. The Hall–Kier alpha value is -1.76. The molecule has 0 aromatic heterocycles. The van der Waals surface area contributed by atoms with Crippen molar-refractivity contribution in [1.29, 1.82) is 0 Å². The van der Waals surface area contributed by atoms with E-state index in [-0.39, 0.29) is 25.0 Å². The minimum absolute atomic E-state index is 0.188. The number of ether oxygens (including phenoxy) is 1. The first-order valence-corrected chi connectivity index (χ1v) is 10.7. The standard InChI is InChI=1S/C21H23BrCl2N2O3/c1-4-25-21(28)14(3)26(11-15-5-8-18(23)19(24)10-15)20(27)12-29-16-6-7-17(22)13(2)9-16/h5-10,14H,4,11-12H2,1-3H3,(H,25,28). The lowest BCUT2D eigenvalue weighted by atomic mass is 10.1. The second-order valence-corrected chi connectivity index (χ2v) is 8.21. The summed E-state index contributed by atoms with van der Waals surface area (Å²) in [6, 6.07) is 9.94. The summed E-state index contributed by atoms with van der Waals surface area (Å²) in [7, 11) is 0. The fraction of sp³-hybridized carbons (Fsp3) is 0.333. The summed E-state index contributed by atoms with van der Waals surface area (Å²) in [5.74, 6) is 0.0370. The first kappa shape index (κ1) is 23.5. The highest BCUT2D eigenvalue weighted by Crippen LogP contribution is 2.24. The molecule has 2 aromatic rings. The number of aryl methyl sites for hydroxylation is 1. The van der Waals surface area contributed by atoms with E-state index < -0.39 is 6.04 Å². The lowest BCUT2D eigenvalue weighted by Gasteiger charge is -2.28. The van der Waals surface area contributed by atoms with Crippen LogP contribution in [0.25, 0.3) is 0 Å². The van der Waals surface area contributed by atoms with Gasteiger partial charge in [-0.25, -0.2) is 0 Å². The number of nitrogens with one attached hydrogen (secondary N) is 1. The third-order valence-corrected chi connectivity index (χ3v) is 5.98. The average Bonchev–Trinajstić information content (AvgIpc) is 2.69. The quantitative estimate of drug-likeness (QED) is 0.553. The Bertz CT molecular complexity index is 892. The molecule has 0 aliphatic heterocycles. The molecule has 0 saturated heterocycles. The highest BCUT2D eigenvalue weighted by molar-refractivity contribution is 9.10. The van der Waals surface area contributed by atoms with Gasteiger partial charge in [0.25, 0.3) is 5.91 Å². The Morgan fingerprint density at radius 2 is 1.90 bits per heavy atom. The first-order valence-electron chi connectivity index (χ1n) is 9.13. The van der Waals surface area contributed by atoms with E-state index in [9.17, 15) is 9.59 Å². The molecule has 1 atom stereocenters. The van der Waals surface area contributed by atoms with Crippen LogP contribution in [0.2, 0.25) is 10.0 Å². The normalized spacial score (nSPS) is 11.7. The maximum Gasteiger partial charge on any atom is 0.261 e. The Balaban J connectivity index is 2.17. The molecule has 0 bridgehead atoms. The summed E-state index contributed by atoms with van der Waals surface area (Å²) >= 11 is 15.5. The largest absolute Gasteiger partial charge is 0.484 e. The van der Waals surface area contributed by atoms with E-state index in [0.717, 1.165) is 15.6 Å². The van der Waals surface area contributed by atoms with E-state index in [0.29, 0.717) is 22.3 Å². The van der Waals surface area contributed by atoms with E-state index in [1.54, 1.807) is 31.2 Å². The Morgan fingerprint density at radius 1 is 1.17 bits per heavy atom. The van der Waals surface area contributed by atoms with Crippen LogP contribution in [0.1, 0.15) is 25.0 Å². The fourth-order valence-corrected chi connectivity index (χ4v) is 3.24. The SMILES string of the molecule is CCNC(=O)C(C)N(Cc1ccc(Cl)c(Cl)c1)C(=O)COc1ccc(Br)c(C)c1. The number of benzene rings is 2. The fourth-order valence-electron chi connectivity index (χ4n) is 2.67. The summed E-state index contributed by atoms with van der Waals surface area (Å²) in [6.45, 7) is 5.95. The van der Waals surface area contributed by atoms with Gasteiger partial charge in [-0.05, 0) is 62.2 Å². The minimum Gasteiger partial charge on any atom is -0.484 e. The number of carbonyl (C=O) groups excluding carboxylic acids is 2. The van der Waals surface area contributed by atoms with Crippen LogP contribution in [0, 0.1) is 6.92 Å². The van der Waals surface area contributed by atoms with Gasteiger partial charge in [-0.15, -0.1) is 0 Å². The van der Waals surface area contributed by atoms with Crippen LogP contribution < -0.4 is 10.1 Å².